The summed E-state index contributed by atoms with van der Waals surface area (Å²) >= 11 is 0. The molecule has 0 aliphatic heterocycles. The molecule has 0 heterocycles. The molecule has 0 aromatic heterocycles. The van der Waals surface area contributed by atoms with Gasteiger partial charge in [0.05, 0.1) is 18.8 Å². The minimum atomic E-state index is -0.833. The first-order valence-electron chi connectivity index (χ1n) is 8.96. The standard InChI is InChI=1S/C23H28O4/c1-17(6-5-11-23(2,3)26)19-7-4-8-22(13-19)27-16-18-9-10-20(14-24)21(12-18)15-25/h4-13,24-26H,14-16H2,1-3H3/b11-5+,17-6-. The van der Waals surface area contributed by atoms with Gasteiger partial charge in [-0.2, -0.15) is 0 Å². The maximum atomic E-state index is 9.73. The molecule has 0 spiro atoms. The summed E-state index contributed by atoms with van der Waals surface area (Å²) < 4.78 is 5.89. The molecule has 2 aromatic rings. The molecule has 27 heavy (non-hydrogen) atoms. The van der Waals surface area contributed by atoms with Crippen LogP contribution in [0.3, 0.4) is 0 Å². The summed E-state index contributed by atoms with van der Waals surface area (Å²) in [5, 5.41) is 28.4. The van der Waals surface area contributed by atoms with E-state index in [1.54, 1.807) is 19.9 Å². The van der Waals surface area contributed by atoms with Gasteiger partial charge in [0.25, 0.3) is 0 Å². The van der Waals surface area contributed by atoms with Gasteiger partial charge in [-0.15, -0.1) is 0 Å². The van der Waals surface area contributed by atoms with Gasteiger partial charge in [0, 0.05) is 0 Å². The second-order valence-electron chi connectivity index (χ2n) is 7.10. The van der Waals surface area contributed by atoms with Crippen molar-refractivity contribution in [3.63, 3.8) is 0 Å². The maximum absolute atomic E-state index is 9.73. The van der Waals surface area contributed by atoms with Gasteiger partial charge in [-0.3, -0.25) is 0 Å². The van der Waals surface area contributed by atoms with Crippen LogP contribution in [-0.4, -0.2) is 20.9 Å². The van der Waals surface area contributed by atoms with E-state index in [0.29, 0.717) is 12.2 Å². The zero-order chi connectivity index (χ0) is 19.9. The molecule has 0 aliphatic carbocycles. The highest BCUT2D eigenvalue weighted by molar-refractivity contribution is 5.66. The second kappa shape index (κ2) is 9.51. The minimum absolute atomic E-state index is 0.0907. The smallest absolute Gasteiger partial charge is 0.120 e. The highest BCUT2D eigenvalue weighted by Gasteiger charge is 2.06. The minimum Gasteiger partial charge on any atom is -0.489 e. The van der Waals surface area contributed by atoms with Gasteiger partial charge >= 0.3 is 0 Å². The van der Waals surface area contributed by atoms with Crippen LogP contribution >= 0.6 is 0 Å². The van der Waals surface area contributed by atoms with Crippen LogP contribution in [0, 0.1) is 0 Å². The van der Waals surface area contributed by atoms with Gasteiger partial charge in [-0.25, -0.2) is 0 Å². The van der Waals surface area contributed by atoms with Crippen molar-refractivity contribution in [1.29, 1.82) is 0 Å². The first kappa shape index (κ1) is 20.9. The number of hydrogen-bond acceptors (Lipinski definition) is 4. The number of aliphatic hydroxyl groups is 3. The van der Waals surface area contributed by atoms with Crippen molar-refractivity contribution in [3.8, 4) is 5.75 Å². The first-order valence-corrected chi connectivity index (χ1v) is 8.96. The topological polar surface area (TPSA) is 69.9 Å². The first-order chi connectivity index (χ1) is 12.8. The molecular weight excluding hydrogens is 340 g/mol. The van der Waals surface area contributed by atoms with E-state index >= 15 is 0 Å². The molecular formula is C23H28O4. The number of hydrogen-bond donors (Lipinski definition) is 3. The Balaban J connectivity index is 2.07. The van der Waals surface area contributed by atoms with E-state index in [1.165, 1.54) is 0 Å². The Morgan fingerprint density at radius 1 is 1.04 bits per heavy atom. The Kier molecular flexibility index (Phi) is 7.36. The second-order valence-corrected chi connectivity index (χ2v) is 7.10. The summed E-state index contributed by atoms with van der Waals surface area (Å²) in [5.41, 5.74) is 3.64. The molecule has 0 radical (unpaired) electrons. The van der Waals surface area contributed by atoms with Crippen molar-refractivity contribution in [2.24, 2.45) is 0 Å². The summed E-state index contributed by atoms with van der Waals surface area (Å²) in [7, 11) is 0. The molecule has 2 aromatic carbocycles. The third kappa shape index (κ3) is 6.68. The van der Waals surface area contributed by atoms with Crippen molar-refractivity contribution in [2.45, 2.75) is 46.2 Å². The quantitative estimate of drug-likeness (QED) is 0.617. The van der Waals surface area contributed by atoms with E-state index < -0.39 is 5.60 Å². The largest absolute Gasteiger partial charge is 0.489 e. The van der Waals surface area contributed by atoms with E-state index in [-0.39, 0.29) is 13.2 Å². The van der Waals surface area contributed by atoms with Crippen LogP contribution in [0.4, 0.5) is 0 Å². The van der Waals surface area contributed by atoms with Gasteiger partial charge in [0.15, 0.2) is 0 Å². The molecule has 0 fully saturated rings. The summed E-state index contributed by atoms with van der Waals surface area (Å²) in [6.07, 6.45) is 5.55. The highest BCUT2D eigenvalue weighted by Crippen LogP contribution is 2.22. The Labute approximate surface area is 161 Å². The fourth-order valence-corrected chi connectivity index (χ4v) is 2.59. The lowest BCUT2D eigenvalue weighted by atomic mass is 10.0. The molecule has 4 heteroatoms. The number of ether oxygens (including phenoxy) is 1. The predicted octanol–water partition coefficient (Wildman–Crippen LogP) is 3.98. The summed E-state index contributed by atoms with van der Waals surface area (Å²) in [6.45, 7) is 5.65. The fraction of sp³-hybridized carbons (Fsp3) is 0.304. The van der Waals surface area contributed by atoms with Crippen LogP contribution in [-0.2, 0) is 19.8 Å². The lowest BCUT2D eigenvalue weighted by Gasteiger charge is -2.11. The lowest BCUT2D eigenvalue weighted by Crippen LogP contribution is -2.13. The molecule has 0 bridgehead atoms. The SMILES string of the molecule is C/C(=C/C=C/C(C)(C)O)c1cccc(OCc2ccc(CO)c(CO)c2)c1. The zero-order valence-corrected chi connectivity index (χ0v) is 16.1. The van der Waals surface area contributed by atoms with E-state index in [0.717, 1.165) is 28.0 Å². The van der Waals surface area contributed by atoms with E-state index in [9.17, 15) is 15.3 Å². The van der Waals surface area contributed by atoms with Crippen molar-refractivity contribution in [2.75, 3.05) is 0 Å². The van der Waals surface area contributed by atoms with Crippen molar-refractivity contribution >= 4 is 5.57 Å². The van der Waals surface area contributed by atoms with E-state index in [2.05, 4.69) is 0 Å². The average Bonchev–Trinajstić information content (AvgIpc) is 2.65. The van der Waals surface area contributed by atoms with Gasteiger partial charge in [-0.05, 0) is 66.8 Å². The monoisotopic (exact) mass is 368 g/mol. The molecule has 0 unspecified atom stereocenters. The van der Waals surface area contributed by atoms with Crippen LogP contribution in [0.15, 0.2) is 60.7 Å². The van der Waals surface area contributed by atoms with Crippen LogP contribution < -0.4 is 4.74 Å². The highest BCUT2D eigenvalue weighted by atomic mass is 16.5. The zero-order valence-electron chi connectivity index (χ0n) is 16.1. The van der Waals surface area contributed by atoms with Crippen molar-refractivity contribution in [3.05, 3.63) is 82.9 Å². The molecule has 2 rings (SSSR count). The molecule has 0 aliphatic rings. The molecule has 144 valence electrons. The Bertz CT molecular complexity index is 813. The van der Waals surface area contributed by atoms with Crippen LogP contribution in [0.2, 0.25) is 0 Å². The number of allylic oxidation sites excluding steroid dienone is 3. The van der Waals surface area contributed by atoms with Crippen LogP contribution in [0.5, 0.6) is 5.75 Å². The van der Waals surface area contributed by atoms with Gasteiger partial charge in [0.2, 0.25) is 0 Å². The maximum Gasteiger partial charge on any atom is 0.120 e. The molecule has 0 saturated carbocycles. The van der Waals surface area contributed by atoms with Gasteiger partial charge in [-0.1, -0.05) is 42.5 Å². The van der Waals surface area contributed by atoms with Crippen molar-refractivity contribution < 1.29 is 20.1 Å². The number of rotatable bonds is 8. The summed E-state index contributed by atoms with van der Waals surface area (Å²) in [6, 6.07) is 13.4. The average molecular weight is 368 g/mol. The number of aliphatic hydroxyl groups excluding tert-OH is 2. The van der Waals surface area contributed by atoms with Gasteiger partial charge < -0.3 is 20.1 Å². The lowest BCUT2D eigenvalue weighted by molar-refractivity contribution is 0.133. The Morgan fingerprint density at radius 2 is 1.78 bits per heavy atom. The van der Waals surface area contributed by atoms with Crippen molar-refractivity contribution in [1.82, 2.24) is 0 Å². The van der Waals surface area contributed by atoms with Gasteiger partial charge in [0.1, 0.15) is 12.4 Å². The predicted molar refractivity (Wildman–Crippen MR) is 108 cm³/mol. The third-order valence-electron chi connectivity index (χ3n) is 4.16. The molecule has 0 saturated heterocycles. The molecule has 0 atom stereocenters. The van der Waals surface area contributed by atoms with Crippen LogP contribution in [0.1, 0.15) is 43.0 Å². The summed E-state index contributed by atoms with van der Waals surface area (Å²) in [5.74, 6) is 0.753. The summed E-state index contributed by atoms with van der Waals surface area (Å²) in [4.78, 5) is 0. The fourth-order valence-electron chi connectivity index (χ4n) is 2.59. The molecule has 3 N–H and O–H groups in total. The number of benzene rings is 2. The molecule has 4 nitrogen and oxygen atoms in total. The molecule has 0 amide bonds. The van der Waals surface area contributed by atoms with Crippen LogP contribution in [0.25, 0.3) is 5.57 Å². The normalized spacial score (nSPS) is 12.6. The van der Waals surface area contributed by atoms with E-state index in [1.807, 2.05) is 61.5 Å². The Morgan fingerprint density at radius 3 is 2.44 bits per heavy atom. The third-order valence-corrected chi connectivity index (χ3v) is 4.16. The van der Waals surface area contributed by atoms with E-state index in [4.69, 9.17) is 4.74 Å². The Hall–Kier alpha value is -2.40.